The molecule has 22 heavy (non-hydrogen) atoms. The molecule has 0 amide bonds. The molecule has 1 aromatic carbocycles. The molecular formula is C16H19ClNO4+. The van der Waals surface area contributed by atoms with E-state index < -0.39 is 10.2 Å². The molecule has 0 spiro atoms. The molecule has 0 unspecified atom stereocenters. The van der Waals surface area contributed by atoms with Crippen molar-refractivity contribution in [1.29, 1.82) is 0 Å². The predicted molar refractivity (Wildman–Crippen MR) is 78.0 cm³/mol. The molecule has 2 heterocycles. The van der Waals surface area contributed by atoms with Crippen LogP contribution in [0.2, 0.25) is 0 Å². The topological polar surface area (TPSA) is 87.9 Å². The van der Waals surface area contributed by atoms with E-state index in [1.807, 2.05) is 0 Å². The molecule has 0 radical (unpaired) electrons. The van der Waals surface area contributed by atoms with Gasteiger partial charge in [-0.3, -0.25) is 0 Å². The van der Waals surface area contributed by atoms with Crippen molar-refractivity contribution in [3.05, 3.63) is 59.4 Å². The Balaban J connectivity index is 0.000000309. The monoisotopic (exact) mass is 324 g/mol. The Morgan fingerprint density at radius 1 is 1.05 bits per heavy atom. The Hall–Kier alpha value is -1.76. The van der Waals surface area contributed by atoms with Crippen LogP contribution < -0.4 is 9.06 Å². The van der Waals surface area contributed by atoms with E-state index in [9.17, 15) is 0 Å². The van der Waals surface area contributed by atoms with Crippen molar-refractivity contribution < 1.29 is 33.3 Å². The molecular weight excluding hydrogens is 306 g/mol. The summed E-state index contributed by atoms with van der Waals surface area (Å²) in [6, 6.07) is 10.9. The first-order valence-corrected chi connectivity index (χ1v) is 7.96. The van der Waals surface area contributed by atoms with Crippen molar-refractivity contribution >= 4 is 16.3 Å². The number of nitrogens with zero attached hydrogens (tertiary/aromatic N) is 1. The number of hydrogen-bond acceptors (Lipinski definition) is 4. The molecule has 0 bridgehead atoms. The molecule has 0 aliphatic heterocycles. The second-order valence-electron chi connectivity index (χ2n) is 5.23. The minimum atomic E-state index is -4.19. The van der Waals surface area contributed by atoms with Gasteiger partial charge in [0.25, 0.3) is 0 Å². The number of pyridine rings is 2. The van der Waals surface area contributed by atoms with Crippen LogP contribution in [-0.4, -0.2) is 14.0 Å². The molecule has 3 N–H and O–H groups in total. The number of halogens is 1. The zero-order valence-corrected chi connectivity index (χ0v) is 13.4. The molecule has 0 aliphatic rings. The number of hydrogen-bond donors (Lipinski definition) is 3. The molecule has 0 aliphatic carbocycles. The van der Waals surface area contributed by atoms with Gasteiger partial charge in [0.2, 0.25) is 5.52 Å². The maximum atomic E-state index is 8.83. The summed E-state index contributed by atoms with van der Waals surface area (Å²) in [4.78, 5) is 0. The Kier molecular flexibility index (Phi) is 4.65. The molecule has 0 atom stereocenters. The fraction of sp³-hybridized carbons (Fsp3) is 0.188. The third kappa shape index (κ3) is 3.91. The van der Waals surface area contributed by atoms with Crippen LogP contribution in [-0.2, 0) is 0 Å². The van der Waals surface area contributed by atoms with Crippen molar-refractivity contribution in [2.24, 2.45) is 0 Å². The van der Waals surface area contributed by atoms with Gasteiger partial charge in [0.05, 0.1) is 0 Å². The molecule has 118 valence electrons. The summed E-state index contributed by atoms with van der Waals surface area (Å²) in [6.45, 7) is 6.56. The van der Waals surface area contributed by atoms with E-state index in [0.29, 0.717) is 0 Å². The molecule has 0 fully saturated rings. The van der Waals surface area contributed by atoms with Gasteiger partial charge in [-0.15, -0.1) is 0 Å². The standard InChI is InChI=1S/C16H16N.ClH3O4/c1-11-8-12(2)16-13(3)15-6-4-5-7-17(15)10-14(16)9-11;2-1(3,4)5/h4-10H,1-3H3;2-4H/q+1;. The second-order valence-corrected chi connectivity index (χ2v) is 6.09. The molecule has 5 nitrogen and oxygen atoms in total. The number of fused-ring (bicyclic) bond motifs is 2. The number of rotatable bonds is 0. The molecule has 0 saturated heterocycles. The number of aryl methyl sites for hydroxylation is 3. The van der Waals surface area contributed by atoms with Crippen molar-refractivity contribution in [3.8, 4) is 0 Å². The number of benzene rings is 1. The van der Waals surface area contributed by atoms with Gasteiger partial charge in [-0.2, -0.15) is 4.40 Å². The maximum absolute atomic E-state index is 8.83. The van der Waals surface area contributed by atoms with E-state index in [0.717, 1.165) is 0 Å². The summed E-state index contributed by atoms with van der Waals surface area (Å²) in [6.07, 6.45) is 4.33. The van der Waals surface area contributed by atoms with E-state index in [1.54, 1.807) is 0 Å². The SMILES string of the molecule is Cc1cc(C)c2c(C)c3cccc[n+]3cc2c1.[O-][Cl+](O)(O)O. The Bertz CT molecular complexity index is 822. The van der Waals surface area contributed by atoms with E-state index in [2.05, 4.69) is 67.9 Å². The minimum absolute atomic E-state index is 1.28. The summed E-state index contributed by atoms with van der Waals surface area (Å²) in [5, 5.41) is 2.71. The van der Waals surface area contributed by atoms with E-state index in [4.69, 9.17) is 18.6 Å². The molecule has 6 heteroatoms. The summed E-state index contributed by atoms with van der Waals surface area (Å²) in [5.74, 6) is 0. The first-order chi connectivity index (χ1) is 10.2. The van der Waals surface area contributed by atoms with Crippen LogP contribution in [0.1, 0.15) is 16.7 Å². The second kappa shape index (κ2) is 6.16. The van der Waals surface area contributed by atoms with Gasteiger partial charge in [0, 0.05) is 28.5 Å². The van der Waals surface area contributed by atoms with Gasteiger partial charge in [0.1, 0.15) is 0 Å². The van der Waals surface area contributed by atoms with Crippen LogP contribution in [0.3, 0.4) is 0 Å². The van der Waals surface area contributed by atoms with Crippen molar-refractivity contribution in [2.45, 2.75) is 20.8 Å². The Labute approximate surface area is 130 Å². The first kappa shape index (κ1) is 16.6. The van der Waals surface area contributed by atoms with Crippen molar-refractivity contribution in [1.82, 2.24) is 0 Å². The van der Waals surface area contributed by atoms with Crippen LogP contribution in [0.15, 0.2) is 42.7 Å². The van der Waals surface area contributed by atoms with Crippen LogP contribution in [0.5, 0.6) is 0 Å². The summed E-state index contributed by atoms with van der Waals surface area (Å²) in [5.41, 5.74) is 5.33. The average molecular weight is 325 g/mol. The van der Waals surface area contributed by atoms with Crippen LogP contribution >= 0.6 is 0 Å². The van der Waals surface area contributed by atoms with Gasteiger partial charge in [-0.25, -0.2) is 0 Å². The van der Waals surface area contributed by atoms with Gasteiger partial charge < -0.3 is 0 Å². The zero-order valence-electron chi connectivity index (χ0n) is 12.6. The number of aromatic nitrogens is 1. The summed E-state index contributed by atoms with van der Waals surface area (Å²) < 4.78 is 32.4. The van der Waals surface area contributed by atoms with Crippen molar-refractivity contribution in [2.75, 3.05) is 0 Å². The van der Waals surface area contributed by atoms with Gasteiger partial charge >= 0.3 is 28.9 Å². The normalized spacial score (nSPS) is 12.1. The third-order valence-corrected chi connectivity index (χ3v) is 3.44. The van der Waals surface area contributed by atoms with E-state index in [1.165, 1.54) is 33.0 Å². The zero-order chi connectivity index (χ0) is 16.5. The van der Waals surface area contributed by atoms with Gasteiger partial charge in [-0.05, 0) is 38.5 Å². The summed E-state index contributed by atoms with van der Waals surface area (Å²) in [7, 11) is -4.19. The average Bonchev–Trinajstić information content (AvgIpc) is 2.36. The molecule has 0 saturated carbocycles. The van der Waals surface area contributed by atoms with Gasteiger partial charge in [0.15, 0.2) is 12.4 Å². The van der Waals surface area contributed by atoms with E-state index >= 15 is 0 Å². The van der Waals surface area contributed by atoms with Crippen molar-refractivity contribution in [3.63, 3.8) is 0 Å². The van der Waals surface area contributed by atoms with Crippen LogP contribution in [0, 0.1) is 31.0 Å². The third-order valence-electron chi connectivity index (χ3n) is 3.44. The van der Waals surface area contributed by atoms with E-state index in [-0.39, 0.29) is 0 Å². The fourth-order valence-electron chi connectivity index (χ4n) is 2.78. The fourth-order valence-corrected chi connectivity index (χ4v) is 2.78. The predicted octanol–water partition coefficient (Wildman–Crippen LogP) is 0.644. The Morgan fingerprint density at radius 2 is 1.68 bits per heavy atom. The van der Waals surface area contributed by atoms with Crippen LogP contribution in [0.4, 0.5) is 0 Å². The quantitative estimate of drug-likeness (QED) is 0.418. The van der Waals surface area contributed by atoms with Crippen LogP contribution in [0.25, 0.3) is 16.3 Å². The summed E-state index contributed by atoms with van der Waals surface area (Å²) >= 11 is 0. The van der Waals surface area contributed by atoms with Gasteiger partial charge in [-0.1, -0.05) is 11.6 Å². The first-order valence-electron chi connectivity index (χ1n) is 6.63. The Morgan fingerprint density at radius 3 is 2.32 bits per heavy atom. The molecule has 2 aromatic heterocycles. The molecule has 3 rings (SSSR count). The molecule has 3 aromatic rings.